The van der Waals surface area contributed by atoms with Crippen LogP contribution in [0.5, 0.6) is 0 Å². The van der Waals surface area contributed by atoms with Gasteiger partial charge in [0.05, 0.1) is 9.85 Å². The highest BCUT2D eigenvalue weighted by Crippen LogP contribution is 2.17. The van der Waals surface area contributed by atoms with Gasteiger partial charge in [0.25, 0.3) is 0 Å². The molecule has 1 aromatic rings. The number of halogens is 2. The summed E-state index contributed by atoms with van der Waals surface area (Å²) in [7, 11) is 0. The predicted octanol–water partition coefficient (Wildman–Crippen LogP) is 2.45. The van der Waals surface area contributed by atoms with E-state index < -0.39 is 0 Å². The van der Waals surface area contributed by atoms with Gasteiger partial charge in [-0.05, 0) is 15.9 Å². The van der Waals surface area contributed by atoms with Crippen LogP contribution in [0.2, 0.25) is 0 Å². The summed E-state index contributed by atoms with van der Waals surface area (Å²) in [4.78, 5) is 0. The van der Waals surface area contributed by atoms with Crippen molar-refractivity contribution >= 4 is 27.3 Å². The molecule has 0 unspecified atom stereocenters. The van der Waals surface area contributed by atoms with Crippen LogP contribution in [0.25, 0.3) is 0 Å². The van der Waals surface area contributed by atoms with Gasteiger partial charge in [-0.1, -0.05) is 0 Å². The van der Waals surface area contributed by atoms with Crippen LogP contribution in [-0.4, -0.2) is 0 Å². The Hall–Kier alpha value is 0.110. The van der Waals surface area contributed by atoms with Gasteiger partial charge in [0.15, 0.2) is 0 Å². The molecule has 0 aliphatic rings. The lowest BCUT2D eigenvalue weighted by Crippen LogP contribution is -1.58. The molecular formula is C4HBrFS. The van der Waals surface area contributed by atoms with Gasteiger partial charge in [-0.25, -0.2) is 4.39 Å². The minimum absolute atomic E-state index is 0.231. The highest BCUT2D eigenvalue weighted by Gasteiger charge is 1.95. The Bertz CT molecular complexity index is 144. The van der Waals surface area contributed by atoms with E-state index in [-0.39, 0.29) is 5.82 Å². The SMILES string of the molecule is Fc1cs[c]c1Br. The van der Waals surface area contributed by atoms with Crippen LogP contribution in [-0.2, 0) is 0 Å². The molecule has 0 bridgehead atoms. The fraction of sp³-hybridized carbons (Fsp3) is 0. The molecule has 1 heterocycles. The van der Waals surface area contributed by atoms with Crippen molar-refractivity contribution in [3.8, 4) is 0 Å². The van der Waals surface area contributed by atoms with Gasteiger partial charge in [0, 0.05) is 5.38 Å². The highest BCUT2D eigenvalue weighted by molar-refractivity contribution is 9.10. The van der Waals surface area contributed by atoms with Crippen molar-refractivity contribution in [3.63, 3.8) is 0 Å². The topological polar surface area (TPSA) is 0 Å². The summed E-state index contributed by atoms with van der Waals surface area (Å²) in [5.74, 6) is -0.231. The van der Waals surface area contributed by atoms with Crippen LogP contribution in [0.1, 0.15) is 0 Å². The maximum atomic E-state index is 12.0. The molecule has 0 aliphatic heterocycles. The molecule has 7 heavy (non-hydrogen) atoms. The van der Waals surface area contributed by atoms with Gasteiger partial charge >= 0.3 is 0 Å². The van der Waals surface area contributed by atoms with E-state index in [1.54, 1.807) is 0 Å². The summed E-state index contributed by atoms with van der Waals surface area (Å²) in [5, 5.41) is 4.04. The molecule has 3 heteroatoms. The largest absolute Gasteiger partial charge is 0.205 e. The number of thiophene rings is 1. The molecule has 0 saturated carbocycles. The minimum atomic E-state index is -0.231. The Morgan fingerprint density at radius 3 is 2.71 bits per heavy atom. The summed E-state index contributed by atoms with van der Waals surface area (Å²) in [5.41, 5.74) is 0. The van der Waals surface area contributed by atoms with Crippen molar-refractivity contribution in [2.75, 3.05) is 0 Å². The maximum Gasteiger partial charge on any atom is 0.148 e. The Balaban J connectivity index is 3.12. The molecule has 0 saturated heterocycles. The first-order valence-electron chi connectivity index (χ1n) is 1.61. The molecule has 0 nitrogen and oxygen atoms in total. The molecule has 1 rings (SSSR count). The Morgan fingerprint density at radius 2 is 2.57 bits per heavy atom. The lowest BCUT2D eigenvalue weighted by atomic mass is 10.6. The summed E-state index contributed by atoms with van der Waals surface area (Å²) in [6.07, 6.45) is 0. The van der Waals surface area contributed by atoms with Crippen LogP contribution < -0.4 is 0 Å². The van der Waals surface area contributed by atoms with E-state index in [1.807, 2.05) is 0 Å². The van der Waals surface area contributed by atoms with Gasteiger partial charge in [-0.2, -0.15) is 0 Å². The molecule has 0 atom stereocenters. The molecule has 0 aromatic carbocycles. The van der Waals surface area contributed by atoms with E-state index in [0.29, 0.717) is 4.47 Å². The van der Waals surface area contributed by atoms with Gasteiger partial charge in [-0.3, -0.25) is 0 Å². The van der Waals surface area contributed by atoms with Crippen molar-refractivity contribution in [2.45, 2.75) is 0 Å². The van der Waals surface area contributed by atoms with E-state index in [0.717, 1.165) is 0 Å². The maximum absolute atomic E-state index is 12.0. The van der Waals surface area contributed by atoms with Crippen LogP contribution >= 0.6 is 27.3 Å². The number of hydrogen-bond donors (Lipinski definition) is 0. The Labute approximate surface area is 53.1 Å². The third-order valence-corrected chi connectivity index (χ3v) is 2.01. The Kier molecular flexibility index (Phi) is 1.44. The van der Waals surface area contributed by atoms with Crippen molar-refractivity contribution < 1.29 is 4.39 Å². The second kappa shape index (κ2) is 1.92. The first-order chi connectivity index (χ1) is 3.30. The van der Waals surface area contributed by atoms with Crippen LogP contribution in [0.15, 0.2) is 9.85 Å². The minimum Gasteiger partial charge on any atom is -0.205 e. The number of hydrogen-bond acceptors (Lipinski definition) is 1. The summed E-state index contributed by atoms with van der Waals surface area (Å²) >= 11 is 4.16. The lowest BCUT2D eigenvalue weighted by Gasteiger charge is -1.71. The fourth-order valence-electron chi connectivity index (χ4n) is 0.233. The van der Waals surface area contributed by atoms with E-state index in [2.05, 4.69) is 21.3 Å². The molecule has 1 aromatic heterocycles. The molecule has 0 N–H and O–H groups in total. The molecule has 1 radical (unpaired) electrons. The third kappa shape index (κ3) is 1.01. The second-order valence-electron chi connectivity index (χ2n) is 1.000. The molecule has 0 fully saturated rings. The quantitative estimate of drug-likeness (QED) is 0.575. The Morgan fingerprint density at radius 1 is 1.86 bits per heavy atom. The molecule has 37 valence electrons. The predicted molar refractivity (Wildman–Crippen MR) is 30.8 cm³/mol. The van der Waals surface area contributed by atoms with E-state index in [9.17, 15) is 4.39 Å². The van der Waals surface area contributed by atoms with Gasteiger partial charge in [0.2, 0.25) is 0 Å². The molecule has 0 aliphatic carbocycles. The summed E-state index contributed by atoms with van der Waals surface area (Å²) < 4.78 is 12.4. The standard InChI is InChI=1S/C4HBrFS/c5-3-1-7-2-4(3)6/h2H. The fourth-order valence-corrected chi connectivity index (χ4v) is 1.26. The van der Waals surface area contributed by atoms with Crippen molar-refractivity contribution in [2.24, 2.45) is 0 Å². The molecule has 0 spiro atoms. The van der Waals surface area contributed by atoms with Crippen LogP contribution in [0.3, 0.4) is 0 Å². The van der Waals surface area contributed by atoms with Gasteiger partial charge < -0.3 is 0 Å². The second-order valence-corrected chi connectivity index (χ2v) is 2.47. The summed E-state index contributed by atoms with van der Waals surface area (Å²) in [6.45, 7) is 0. The van der Waals surface area contributed by atoms with Crippen LogP contribution in [0.4, 0.5) is 4.39 Å². The number of rotatable bonds is 0. The van der Waals surface area contributed by atoms with Crippen molar-refractivity contribution in [1.29, 1.82) is 0 Å². The zero-order valence-corrected chi connectivity index (χ0v) is 5.64. The smallest absolute Gasteiger partial charge is 0.148 e. The zero-order valence-electron chi connectivity index (χ0n) is 3.24. The third-order valence-electron chi connectivity index (χ3n) is 0.521. The van der Waals surface area contributed by atoms with E-state index in [1.165, 1.54) is 16.7 Å². The average Bonchev–Trinajstić information content (AvgIpc) is 1.91. The molecular weight excluding hydrogens is 179 g/mol. The lowest BCUT2D eigenvalue weighted by molar-refractivity contribution is 0.627. The highest BCUT2D eigenvalue weighted by atomic mass is 79.9. The zero-order chi connectivity index (χ0) is 5.28. The van der Waals surface area contributed by atoms with E-state index in [4.69, 9.17) is 0 Å². The first-order valence-corrected chi connectivity index (χ1v) is 3.28. The van der Waals surface area contributed by atoms with E-state index >= 15 is 0 Å². The summed E-state index contributed by atoms with van der Waals surface area (Å²) in [6, 6.07) is 0. The normalized spacial score (nSPS) is 9.43. The average molecular weight is 180 g/mol. The molecule has 0 amide bonds. The van der Waals surface area contributed by atoms with Crippen LogP contribution in [0, 0.1) is 11.2 Å². The van der Waals surface area contributed by atoms with Gasteiger partial charge in [-0.15, -0.1) is 11.3 Å². The van der Waals surface area contributed by atoms with Gasteiger partial charge in [0.1, 0.15) is 5.82 Å². The monoisotopic (exact) mass is 179 g/mol. The first kappa shape index (κ1) is 5.25. The van der Waals surface area contributed by atoms with Crippen molar-refractivity contribution in [1.82, 2.24) is 0 Å². The van der Waals surface area contributed by atoms with Crippen molar-refractivity contribution in [3.05, 3.63) is 21.1 Å².